The lowest BCUT2D eigenvalue weighted by molar-refractivity contribution is 0.102. The number of methoxy groups -OCH3 is 1. The Labute approximate surface area is 214 Å². The molecule has 0 unspecified atom stereocenters. The van der Waals surface area contributed by atoms with Crippen molar-refractivity contribution in [3.05, 3.63) is 82.5 Å². The van der Waals surface area contributed by atoms with E-state index >= 15 is 0 Å². The van der Waals surface area contributed by atoms with E-state index < -0.39 is 21.8 Å². The number of hydrogen-bond acceptors (Lipinski definition) is 6. The molecule has 10 nitrogen and oxygen atoms in total. The van der Waals surface area contributed by atoms with E-state index in [1.165, 1.54) is 31.5 Å². The summed E-state index contributed by atoms with van der Waals surface area (Å²) in [5, 5.41) is 5.81. The molecule has 0 bridgehead atoms. The number of carbonyl (C=O) groups excluding carboxylic acids is 2. The lowest BCUT2D eigenvalue weighted by Crippen LogP contribution is -2.24. The van der Waals surface area contributed by atoms with Gasteiger partial charge in [-0.3, -0.25) is 9.59 Å². The number of amidine groups is 1. The Morgan fingerprint density at radius 2 is 1.64 bits per heavy atom. The van der Waals surface area contributed by atoms with Gasteiger partial charge in [0.25, 0.3) is 21.8 Å². The molecule has 0 aliphatic rings. The number of aromatic nitrogens is 1. The highest BCUT2D eigenvalue weighted by molar-refractivity contribution is 7.89. The summed E-state index contributed by atoms with van der Waals surface area (Å²) in [5.41, 5.74) is 1.22. The zero-order chi connectivity index (χ0) is 26.5. The number of anilines is 2. The van der Waals surface area contributed by atoms with Crippen molar-refractivity contribution in [1.82, 2.24) is 9.88 Å². The molecule has 0 aliphatic heterocycles. The molecular formula is C24H24ClN5O5S. The zero-order valence-corrected chi connectivity index (χ0v) is 21.5. The predicted molar refractivity (Wildman–Crippen MR) is 140 cm³/mol. The van der Waals surface area contributed by atoms with Crippen molar-refractivity contribution in [3.63, 3.8) is 0 Å². The van der Waals surface area contributed by atoms with Crippen LogP contribution in [0.3, 0.4) is 0 Å². The molecule has 3 rings (SSSR count). The monoisotopic (exact) mass is 529 g/mol. The SMILES string of the molecule is COc1ccc(NC(=O)c2ccc(/C(=N/S(C)(=O)=O)N(C)C)cc2)c(C(=O)Nc2ccc(Cl)cn2)c1. The number of sulfonamides is 1. The fourth-order valence-electron chi connectivity index (χ4n) is 3.10. The van der Waals surface area contributed by atoms with E-state index in [1.807, 2.05) is 0 Å². The molecule has 2 N–H and O–H groups in total. The molecule has 188 valence electrons. The Morgan fingerprint density at radius 3 is 2.19 bits per heavy atom. The van der Waals surface area contributed by atoms with Gasteiger partial charge in [0.15, 0.2) is 0 Å². The molecule has 2 aromatic carbocycles. The fraction of sp³-hybridized carbons (Fsp3) is 0.167. The first-order valence-corrected chi connectivity index (χ1v) is 12.7. The van der Waals surface area contributed by atoms with Crippen molar-refractivity contribution in [1.29, 1.82) is 0 Å². The third-order valence-electron chi connectivity index (χ3n) is 4.77. The number of carbonyl (C=O) groups is 2. The Kier molecular flexibility index (Phi) is 8.28. The van der Waals surface area contributed by atoms with Gasteiger partial charge in [-0.15, -0.1) is 4.40 Å². The first-order valence-electron chi connectivity index (χ1n) is 10.5. The minimum Gasteiger partial charge on any atom is -0.497 e. The lowest BCUT2D eigenvalue weighted by Gasteiger charge is -2.16. The summed E-state index contributed by atoms with van der Waals surface area (Å²) in [5.74, 6) is -0.0475. The topological polar surface area (TPSA) is 130 Å². The molecule has 0 radical (unpaired) electrons. The minimum absolute atomic E-state index is 0.159. The third kappa shape index (κ3) is 7.03. The van der Waals surface area contributed by atoms with E-state index in [0.717, 1.165) is 6.26 Å². The Morgan fingerprint density at radius 1 is 0.972 bits per heavy atom. The summed E-state index contributed by atoms with van der Waals surface area (Å²) in [6.07, 6.45) is 2.40. The van der Waals surface area contributed by atoms with Crippen LogP contribution in [0.2, 0.25) is 5.02 Å². The van der Waals surface area contributed by atoms with Crippen LogP contribution in [0, 0.1) is 0 Å². The summed E-state index contributed by atoms with van der Waals surface area (Å²) < 4.78 is 32.2. The molecule has 0 saturated carbocycles. The Hall–Kier alpha value is -3.96. The quantitative estimate of drug-likeness (QED) is 0.354. The number of nitrogens with one attached hydrogen (secondary N) is 2. The molecule has 1 aromatic heterocycles. The molecule has 0 spiro atoms. The van der Waals surface area contributed by atoms with Crippen molar-refractivity contribution in [2.75, 3.05) is 38.1 Å². The predicted octanol–water partition coefficient (Wildman–Crippen LogP) is 3.52. The highest BCUT2D eigenvalue weighted by Crippen LogP contribution is 2.24. The second-order valence-electron chi connectivity index (χ2n) is 7.80. The summed E-state index contributed by atoms with van der Waals surface area (Å²) in [7, 11) is 1.18. The molecule has 0 atom stereocenters. The molecular weight excluding hydrogens is 506 g/mol. The summed E-state index contributed by atoms with van der Waals surface area (Å²) in [6.45, 7) is 0. The van der Waals surface area contributed by atoms with Crippen molar-refractivity contribution < 1.29 is 22.7 Å². The molecule has 2 amide bonds. The van der Waals surface area contributed by atoms with Crippen LogP contribution in [-0.4, -0.2) is 63.4 Å². The van der Waals surface area contributed by atoms with Gasteiger partial charge < -0.3 is 20.3 Å². The van der Waals surface area contributed by atoms with Crippen LogP contribution in [0.1, 0.15) is 26.3 Å². The standard InChI is InChI=1S/C24H24ClN5O5S/c1-30(2)22(29-36(4,33)34)15-5-7-16(8-6-15)23(31)27-20-11-10-18(35-3)13-19(20)24(32)28-21-12-9-17(25)14-26-21/h5-14H,1-4H3,(H,27,31)(H,26,28,32)/b29-22-. The second-order valence-corrected chi connectivity index (χ2v) is 9.89. The van der Waals surface area contributed by atoms with E-state index in [2.05, 4.69) is 20.0 Å². The van der Waals surface area contributed by atoms with Crippen LogP contribution in [-0.2, 0) is 10.0 Å². The molecule has 1 heterocycles. The number of ether oxygens (including phenoxy) is 1. The van der Waals surface area contributed by atoms with E-state index in [-0.39, 0.29) is 28.5 Å². The second kappa shape index (κ2) is 11.2. The Bertz CT molecular complexity index is 1410. The minimum atomic E-state index is -3.62. The number of halogens is 1. The normalized spacial score (nSPS) is 11.5. The number of amides is 2. The van der Waals surface area contributed by atoms with Gasteiger partial charge >= 0.3 is 0 Å². The van der Waals surface area contributed by atoms with E-state index in [9.17, 15) is 18.0 Å². The number of rotatable bonds is 7. The van der Waals surface area contributed by atoms with Gasteiger partial charge in [-0.25, -0.2) is 13.4 Å². The first kappa shape index (κ1) is 26.6. The molecule has 0 fully saturated rings. The van der Waals surface area contributed by atoms with Crippen molar-refractivity contribution in [3.8, 4) is 5.75 Å². The van der Waals surface area contributed by atoms with Crippen LogP contribution in [0.25, 0.3) is 0 Å². The maximum atomic E-state index is 12.9. The summed E-state index contributed by atoms with van der Waals surface area (Å²) in [4.78, 5) is 31.5. The van der Waals surface area contributed by atoms with Crippen LogP contribution in [0.4, 0.5) is 11.5 Å². The average molecular weight is 530 g/mol. The number of hydrogen-bond donors (Lipinski definition) is 2. The van der Waals surface area contributed by atoms with Crippen molar-refractivity contribution >= 4 is 50.8 Å². The number of pyridine rings is 1. The fourth-order valence-corrected chi connectivity index (χ4v) is 3.79. The van der Waals surface area contributed by atoms with E-state index in [0.29, 0.717) is 16.3 Å². The van der Waals surface area contributed by atoms with Crippen LogP contribution in [0.5, 0.6) is 5.75 Å². The Balaban J connectivity index is 1.85. The van der Waals surface area contributed by atoms with Crippen LogP contribution in [0.15, 0.2) is 65.2 Å². The molecule has 36 heavy (non-hydrogen) atoms. The number of benzene rings is 2. The van der Waals surface area contributed by atoms with Gasteiger partial charge in [-0.05, 0) is 42.5 Å². The van der Waals surface area contributed by atoms with Gasteiger partial charge in [0.2, 0.25) is 0 Å². The summed E-state index contributed by atoms with van der Waals surface area (Å²) >= 11 is 5.84. The van der Waals surface area contributed by atoms with Crippen LogP contribution < -0.4 is 15.4 Å². The maximum absolute atomic E-state index is 12.9. The highest BCUT2D eigenvalue weighted by atomic mass is 35.5. The molecule has 3 aromatic rings. The van der Waals surface area contributed by atoms with Gasteiger partial charge in [0.1, 0.15) is 17.4 Å². The van der Waals surface area contributed by atoms with E-state index in [4.69, 9.17) is 16.3 Å². The zero-order valence-electron chi connectivity index (χ0n) is 19.9. The molecule has 0 aliphatic carbocycles. The van der Waals surface area contributed by atoms with Gasteiger partial charge in [-0.1, -0.05) is 23.7 Å². The van der Waals surface area contributed by atoms with E-state index in [1.54, 1.807) is 55.4 Å². The smallest absolute Gasteiger partial charge is 0.259 e. The van der Waals surface area contributed by atoms with Crippen molar-refractivity contribution in [2.45, 2.75) is 0 Å². The lowest BCUT2D eigenvalue weighted by atomic mass is 10.1. The van der Waals surface area contributed by atoms with Crippen molar-refractivity contribution in [2.24, 2.45) is 4.40 Å². The van der Waals surface area contributed by atoms with Gasteiger partial charge in [0.05, 0.1) is 29.6 Å². The van der Waals surface area contributed by atoms with Gasteiger partial charge in [-0.2, -0.15) is 0 Å². The van der Waals surface area contributed by atoms with Gasteiger partial charge in [0, 0.05) is 31.4 Å². The third-order valence-corrected chi connectivity index (χ3v) is 5.50. The average Bonchev–Trinajstić information content (AvgIpc) is 2.83. The highest BCUT2D eigenvalue weighted by Gasteiger charge is 2.17. The maximum Gasteiger partial charge on any atom is 0.259 e. The molecule has 12 heteroatoms. The largest absolute Gasteiger partial charge is 0.497 e. The molecule has 0 saturated heterocycles. The first-order chi connectivity index (χ1) is 17.0. The van der Waals surface area contributed by atoms with Crippen LogP contribution >= 0.6 is 11.6 Å². The number of nitrogens with zero attached hydrogens (tertiary/aromatic N) is 3. The summed E-state index contributed by atoms with van der Waals surface area (Å²) in [6, 6.07) is 14.0.